The number of alkyl halides is 3. The molecule has 0 unspecified atom stereocenters. The predicted octanol–water partition coefficient (Wildman–Crippen LogP) is 4.89. The van der Waals surface area contributed by atoms with Crippen molar-refractivity contribution in [1.82, 2.24) is 0 Å². The number of fused-ring (bicyclic) bond motifs is 1. The molecule has 1 aliphatic heterocycles. The van der Waals surface area contributed by atoms with E-state index in [0.29, 0.717) is 13.0 Å². The van der Waals surface area contributed by atoms with Crippen LogP contribution in [0.5, 0.6) is 0 Å². The second kappa shape index (κ2) is 7.15. The molecule has 2 aromatic rings. The molecule has 3 nitrogen and oxygen atoms in total. The first-order chi connectivity index (χ1) is 12.2. The van der Waals surface area contributed by atoms with Gasteiger partial charge in [0, 0.05) is 17.3 Å². The summed E-state index contributed by atoms with van der Waals surface area (Å²) in [6.07, 6.45) is -3.21. The second-order valence-corrected chi connectivity index (χ2v) is 6.47. The van der Waals surface area contributed by atoms with Gasteiger partial charge in [0.25, 0.3) is 0 Å². The van der Waals surface area contributed by atoms with Crippen LogP contribution in [0.2, 0.25) is 5.02 Å². The summed E-state index contributed by atoms with van der Waals surface area (Å²) in [7, 11) is 0. The number of aryl methyl sites for hydroxylation is 1. The van der Waals surface area contributed by atoms with Gasteiger partial charge in [-0.05, 0) is 54.8 Å². The van der Waals surface area contributed by atoms with E-state index < -0.39 is 17.6 Å². The largest absolute Gasteiger partial charge is 0.418 e. The lowest BCUT2D eigenvalue weighted by molar-refractivity contribution is -0.137. The Balaban J connectivity index is 1.77. The summed E-state index contributed by atoms with van der Waals surface area (Å²) in [5, 5.41) is 2.23. The topological polar surface area (TPSA) is 32.3 Å². The van der Waals surface area contributed by atoms with E-state index in [9.17, 15) is 22.4 Å². The van der Waals surface area contributed by atoms with Crippen LogP contribution in [0.4, 0.5) is 28.9 Å². The third kappa shape index (κ3) is 4.09. The summed E-state index contributed by atoms with van der Waals surface area (Å²) in [6, 6.07) is 7.49. The van der Waals surface area contributed by atoms with Crippen LogP contribution in [0.25, 0.3) is 0 Å². The summed E-state index contributed by atoms with van der Waals surface area (Å²) < 4.78 is 52.7. The minimum atomic E-state index is -4.64. The number of hydrogen-bond acceptors (Lipinski definition) is 2. The Morgan fingerprint density at radius 3 is 2.69 bits per heavy atom. The maximum absolute atomic E-state index is 13.3. The Hall–Kier alpha value is -2.28. The fraction of sp³-hybridized carbons (Fsp3) is 0.278. The van der Waals surface area contributed by atoms with Crippen LogP contribution in [0.1, 0.15) is 17.5 Å². The quantitative estimate of drug-likeness (QED) is 0.762. The van der Waals surface area contributed by atoms with E-state index in [1.165, 1.54) is 18.2 Å². The van der Waals surface area contributed by atoms with Gasteiger partial charge >= 0.3 is 6.18 Å². The van der Waals surface area contributed by atoms with Gasteiger partial charge in [-0.15, -0.1) is 0 Å². The molecule has 1 amide bonds. The molecule has 2 aromatic carbocycles. The Labute approximate surface area is 152 Å². The zero-order valence-electron chi connectivity index (χ0n) is 13.5. The lowest BCUT2D eigenvalue weighted by Crippen LogP contribution is -2.37. The highest BCUT2D eigenvalue weighted by atomic mass is 35.5. The van der Waals surface area contributed by atoms with Crippen molar-refractivity contribution in [3.05, 3.63) is 58.4 Å². The second-order valence-electron chi connectivity index (χ2n) is 6.03. The average Bonchev–Trinajstić information content (AvgIpc) is 2.55. The molecule has 0 saturated carbocycles. The molecule has 0 fully saturated rings. The number of hydrogen-bond donors (Lipinski definition) is 1. The Kier molecular flexibility index (Phi) is 5.09. The zero-order chi connectivity index (χ0) is 18.9. The molecule has 8 heteroatoms. The Morgan fingerprint density at radius 2 is 1.96 bits per heavy atom. The van der Waals surface area contributed by atoms with Crippen molar-refractivity contribution >= 4 is 28.9 Å². The first-order valence-corrected chi connectivity index (χ1v) is 8.32. The first-order valence-electron chi connectivity index (χ1n) is 7.94. The number of nitrogens with one attached hydrogen (secondary N) is 1. The molecule has 0 bridgehead atoms. The first kappa shape index (κ1) is 18.5. The van der Waals surface area contributed by atoms with Crippen LogP contribution in [0, 0.1) is 5.82 Å². The maximum Gasteiger partial charge on any atom is 0.418 e. The SMILES string of the molecule is O=C(CN1CCCc2cc(F)ccc21)Nc1ccc(Cl)cc1C(F)(F)F. The molecule has 1 aliphatic rings. The van der Waals surface area contributed by atoms with E-state index in [2.05, 4.69) is 5.32 Å². The van der Waals surface area contributed by atoms with Gasteiger partial charge < -0.3 is 10.2 Å². The van der Waals surface area contributed by atoms with Gasteiger partial charge in [-0.3, -0.25) is 4.79 Å². The van der Waals surface area contributed by atoms with Crippen LogP contribution >= 0.6 is 11.6 Å². The normalized spacial score (nSPS) is 14.1. The number of halogens is 5. The minimum absolute atomic E-state index is 0.0673. The van der Waals surface area contributed by atoms with Crippen LogP contribution < -0.4 is 10.2 Å². The molecular weight excluding hydrogens is 372 g/mol. The summed E-state index contributed by atoms with van der Waals surface area (Å²) in [6.45, 7) is 0.442. The molecule has 0 spiro atoms. The van der Waals surface area contributed by atoms with Crippen molar-refractivity contribution in [1.29, 1.82) is 0 Å². The molecule has 0 saturated heterocycles. The molecular formula is C18H15ClF4N2O. The smallest absolute Gasteiger partial charge is 0.362 e. The summed E-state index contributed by atoms with van der Waals surface area (Å²) >= 11 is 5.63. The van der Waals surface area contributed by atoms with Crippen molar-refractivity contribution in [2.75, 3.05) is 23.3 Å². The van der Waals surface area contributed by atoms with Gasteiger partial charge in [-0.2, -0.15) is 13.2 Å². The molecule has 0 radical (unpaired) electrons. The van der Waals surface area contributed by atoms with Crippen molar-refractivity contribution in [2.24, 2.45) is 0 Å². The fourth-order valence-corrected chi connectivity index (χ4v) is 3.20. The standard InChI is InChI=1S/C18H15ClF4N2O/c19-12-3-5-15(14(9-12)18(21,22)23)24-17(26)10-25-7-1-2-11-8-13(20)4-6-16(11)25/h3-6,8-9H,1-2,7,10H2,(H,24,26). The Morgan fingerprint density at radius 1 is 1.19 bits per heavy atom. The van der Waals surface area contributed by atoms with Crippen molar-refractivity contribution in [3.63, 3.8) is 0 Å². The highest BCUT2D eigenvalue weighted by Gasteiger charge is 2.34. The van der Waals surface area contributed by atoms with E-state index in [4.69, 9.17) is 11.6 Å². The number of carbonyl (C=O) groups is 1. The molecule has 3 rings (SSSR count). The average molecular weight is 387 g/mol. The molecule has 0 aliphatic carbocycles. The molecule has 26 heavy (non-hydrogen) atoms. The van der Waals surface area contributed by atoms with Gasteiger partial charge in [0.05, 0.1) is 17.8 Å². The minimum Gasteiger partial charge on any atom is -0.362 e. The van der Waals surface area contributed by atoms with Crippen molar-refractivity contribution < 1.29 is 22.4 Å². The third-order valence-electron chi connectivity index (χ3n) is 4.15. The summed E-state index contributed by atoms with van der Waals surface area (Å²) in [5.74, 6) is -0.943. The van der Waals surface area contributed by atoms with Crippen LogP contribution in [0.3, 0.4) is 0 Å². The highest BCUT2D eigenvalue weighted by molar-refractivity contribution is 6.30. The number of anilines is 2. The zero-order valence-corrected chi connectivity index (χ0v) is 14.3. The lowest BCUT2D eigenvalue weighted by atomic mass is 10.0. The molecule has 1 N–H and O–H groups in total. The number of rotatable bonds is 3. The van der Waals surface area contributed by atoms with Crippen molar-refractivity contribution in [2.45, 2.75) is 19.0 Å². The van der Waals surface area contributed by atoms with E-state index in [0.717, 1.165) is 29.8 Å². The van der Waals surface area contributed by atoms with Gasteiger partial charge in [-0.25, -0.2) is 4.39 Å². The van der Waals surface area contributed by atoms with E-state index >= 15 is 0 Å². The van der Waals surface area contributed by atoms with E-state index in [1.807, 2.05) is 0 Å². The van der Waals surface area contributed by atoms with Crippen LogP contribution in [-0.4, -0.2) is 19.0 Å². The number of carbonyl (C=O) groups excluding carboxylic acids is 1. The highest BCUT2D eigenvalue weighted by Crippen LogP contribution is 2.36. The number of benzene rings is 2. The predicted molar refractivity (Wildman–Crippen MR) is 92.0 cm³/mol. The summed E-state index contributed by atoms with van der Waals surface area (Å²) in [5.41, 5.74) is 0.161. The molecule has 0 aromatic heterocycles. The third-order valence-corrected chi connectivity index (χ3v) is 4.39. The fourth-order valence-electron chi connectivity index (χ4n) is 3.03. The monoisotopic (exact) mass is 386 g/mol. The van der Waals surface area contributed by atoms with Gasteiger partial charge in [-0.1, -0.05) is 11.6 Å². The van der Waals surface area contributed by atoms with Gasteiger partial charge in [0.2, 0.25) is 5.91 Å². The molecule has 1 heterocycles. The molecule has 138 valence electrons. The van der Waals surface area contributed by atoms with E-state index in [1.54, 1.807) is 11.0 Å². The lowest BCUT2D eigenvalue weighted by Gasteiger charge is -2.30. The van der Waals surface area contributed by atoms with Gasteiger partial charge in [0.15, 0.2) is 0 Å². The molecule has 0 atom stereocenters. The van der Waals surface area contributed by atoms with E-state index in [-0.39, 0.29) is 23.1 Å². The Bertz CT molecular complexity index is 838. The number of nitrogens with zero attached hydrogens (tertiary/aromatic N) is 1. The summed E-state index contributed by atoms with van der Waals surface area (Å²) in [4.78, 5) is 14.0. The van der Waals surface area contributed by atoms with Crippen LogP contribution in [0.15, 0.2) is 36.4 Å². The maximum atomic E-state index is 13.3. The van der Waals surface area contributed by atoms with Gasteiger partial charge in [0.1, 0.15) is 5.82 Å². The van der Waals surface area contributed by atoms with Crippen LogP contribution in [-0.2, 0) is 17.4 Å². The number of amides is 1. The van der Waals surface area contributed by atoms with Crippen molar-refractivity contribution in [3.8, 4) is 0 Å².